The Morgan fingerprint density at radius 3 is 2.71 bits per heavy atom. The summed E-state index contributed by atoms with van der Waals surface area (Å²) in [5.41, 5.74) is 2.71. The molecular formula is C23H22N2O2S. The first-order chi connectivity index (χ1) is 13.6. The Balaban J connectivity index is 1.49. The summed E-state index contributed by atoms with van der Waals surface area (Å²) >= 11 is 1.61. The van der Waals surface area contributed by atoms with E-state index in [1.807, 2.05) is 43.3 Å². The predicted molar refractivity (Wildman–Crippen MR) is 117 cm³/mol. The molecule has 4 nitrogen and oxygen atoms in total. The van der Waals surface area contributed by atoms with Crippen molar-refractivity contribution in [2.75, 3.05) is 16.0 Å². The van der Waals surface area contributed by atoms with Crippen molar-refractivity contribution < 1.29 is 9.59 Å². The number of benzene rings is 3. The normalized spacial score (nSPS) is 16.4. The van der Waals surface area contributed by atoms with Crippen molar-refractivity contribution in [3.8, 4) is 0 Å². The second-order valence-corrected chi connectivity index (χ2v) is 8.00. The molecule has 2 amide bonds. The second kappa shape index (κ2) is 8.07. The molecule has 1 N–H and O–H groups in total. The van der Waals surface area contributed by atoms with E-state index in [1.165, 1.54) is 16.3 Å². The van der Waals surface area contributed by atoms with Gasteiger partial charge in [-0.2, -0.15) is 0 Å². The van der Waals surface area contributed by atoms with Crippen LogP contribution in [0, 0.1) is 0 Å². The Labute approximate surface area is 168 Å². The molecule has 3 aromatic rings. The predicted octanol–water partition coefficient (Wildman–Crippen LogP) is 4.84. The van der Waals surface area contributed by atoms with Crippen LogP contribution in [-0.2, 0) is 15.3 Å². The van der Waals surface area contributed by atoms with Crippen LogP contribution in [0.25, 0.3) is 10.8 Å². The molecule has 1 aliphatic rings. The minimum absolute atomic E-state index is 0.0293. The second-order valence-electron chi connectivity index (χ2n) is 7.01. The van der Waals surface area contributed by atoms with Gasteiger partial charge in [-0.3, -0.25) is 9.59 Å². The van der Waals surface area contributed by atoms with Gasteiger partial charge in [0.05, 0.1) is 17.1 Å². The molecule has 4 rings (SSSR count). The first kappa shape index (κ1) is 18.6. The summed E-state index contributed by atoms with van der Waals surface area (Å²) in [6, 6.07) is 21.9. The van der Waals surface area contributed by atoms with Crippen LogP contribution in [0.5, 0.6) is 0 Å². The smallest absolute Gasteiger partial charge is 0.237 e. The quantitative estimate of drug-likeness (QED) is 0.694. The highest BCUT2D eigenvalue weighted by Gasteiger charge is 2.29. The maximum Gasteiger partial charge on any atom is 0.237 e. The summed E-state index contributed by atoms with van der Waals surface area (Å²) in [4.78, 5) is 26.9. The molecular weight excluding hydrogens is 368 g/mol. The molecule has 1 aliphatic heterocycles. The highest BCUT2D eigenvalue weighted by atomic mass is 32.2. The van der Waals surface area contributed by atoms with Crippen molar-refractivity contribution in [3.05, 3.63) is 72.3 Å². The van der Waals surface area contributed by atoms with Gasteiger partial charge in [0.25, 0.3) is 0 Å². The van der Waals surface area contributed by atoms with E-state index in [9.17, 15) is 9.59 Å². The summed E-state index contributed by atoms with van der Waals surface area (Å²) < 4.78 is 0. The van der Waals surface area contributed by atoms with Gasteiger partial charge in [0.2, 0.25) is 11.8 Å². The van der Waals surface area contributed by atoms with E-state index >= 15 is 0 Å². The Morgan fingerprint density at radius 1 is 1.07 bits per heavy atom. The molecule has 1 heterocycles. The number of fused-ring (bicyclic) bond motifs is 2. The van der Waals surface area contributed by atoms with Gasteiger partial charge in [-0.05, 0) is 35.4 Å². The maximum atomic E-state index is 13.1. The van der Waals surface area contributed by atoms with Gasteiger partial charge in [0.15, 0.2) is 0 Å². The molecule has 0 spiro atoms. The van der Waals surface area contributed by atoms with E-state index in [0.717, 1.165) is 11.4 Å². The van der Waals surface area contributed by atoms with E-state index in [2.05, 4.69) is 35.6 Å². The van der Waals surface area contributed by atoms with Crippen LogP contribution in [-0.4, -0.2) is 23.6 Å². The number of nitrogens with zero attached hydrogens (tertiary/aromatic N) is 1. The van der Waals surface area contributed by atoms with E-state index in [4.69, 9.17) is 0 Å². The molecule has 0 aromatic heterocycles. The van der Waals surface area contributed by atoms with Gasteiger partial charge in [-0.15, -0.1) is 11.8 Å². The molecule has 0 aliphatic carbocycles. The molecule has 0 saturated heterocycles. The fraction of sp³-hybridized carbons (Fsp3) is 0.217. The average molecular weight is 391 g/mol. The van der Waals surface area contributed by atoms with Crippen LogP contribution in [0.1, 0.15) is 18.9 Å². The third kappa shape index (κ3) is 3.76. The van der Waals surface area contributed by atoms with Crippen molar-refractivity contribution in [1.82, 2.24) is 0 Å². The molecule has 3 aromatic carbocycles. The van der Waals surface area contributed by atoms with Crippen LogP contribution in [0.15, 0.2) is 66.7 Å². The highest BCUT2D eigenvalue weighted by molar-refractivity contribution is 7.99. The minimum atomic E-state index is -0.172. The van der Waals surface area contributed by atoms with Crippen LogP contribution < -0.4 is 10.2 Å². The van der Waals surface area contributed by atoms with Gasteiger partial charge in [-0.1, -0.05) is 54.6 Å². The molecule has 28 heavy (non-hydrogen) atoms. The van der Waals surface area contributed by atoms with Gasteiger partial charge in [0, 0.05) is 18.2 Å². The molecule has 1 atom stereocenters. The fourth-order valence-electron chi connectivity index (χ4n) is 3.70. The number of rotatable bonds is 4. The van der Waals surface area contributed by atoms with Crippen molar-refractivity contribution in [1.29, 1.82) is 0 Å². The van der Waals surface area contributed by atoms with Crippen LogP contribution in [0.2, 0.25) is 0 Å². The number of nitrogens with one attached hydrogen (secondary N) is 1. The van der Waals surface area contributed by atoms with Crippen LogP contribution >= 0.6 is 11.8 Å². The Hall–Kier alpha value is -2.79. The minimum Gasteiger partial charge on any atom is -0.324 e. The molecule has 142 valence electrons. The Bertz CT molecular complexity index is 1030. The first-order valence-electron chi connectivity index (χ1n) is 9.39. The summed E-state index contributed by atoms with van der Waals surface area (Å²) in [5, 5.41) is 5.34. The molecule has 5 heteroatoms. The summed E-state index contributed by atoms with van der Waals surface area (Å²) in [6.07, 6.45) is 0.300. The maximum absolute atomic E-state index is 13.1. The summed E-state index contributed by atoms with van der Waals surface area (Å²) in [6.45, 7) is 1.93. The number of carbonyl (C=O) groups is 2. The SMILES string of the molecule is C[C@H]1CC(=O)Nc2ccccc2N1C(=O)CSCc1cccc2ccccc12. The third-order valence-electron chi connectivity index (χ3n) is 4.99. The molecule has 0 unspecified atom stereocenters. The topological polar surface area (TPSA) is 49.4 Å². The van der Waals surface area contributed by atoms with Crippen molar-refractivity contribution >= 4 is 45.7 Å². The standard InChI is InChI=1S/C23H22N2O2S/c1-16-13-22(26)24-20-11-4-5-12-21(20)25(16)23(27)15-28-14-18-9-6-8-17-7-2-3-10-19(17)18/h2-12,16H,13-15H2,1H3,(H,24,26)/t16-/m0/s1. The lowest BCUT2D eigenvalue weighted by molar-refractivity contribution is -0.117. The molecule has 0 bridgehead atoms. The van der Waals surface area contributed by atoms with Crippen molar-refractivity contribution in [3.63, 3.8) is 0 Å². The van der Waals surface area contributed by atoms with E-state index in [-0.39, 0.29) is 17.9 Å². The zero-order valence-electron chi connectivity index (χ0n) is 15.7. The lowest BCUT2D eigenvalue weighted by Gasteiger charge is -2.27. The van der Waals surface area contributed by atoms with Gasteiger partial charge < -0.3 is 10.2 Å². The zero-order valence-corrected chi connectivity index (χ0v) is 16.5. The third-order valence-corrected chi connectivity index (χ3v) is 5.96. The van der Waals surface area contributed by atoms with E-state index < -0.39 is 0 Å². The Kier molecular flexibility index (Phi) is 5.35. The van der Waals surface area contributed by atoms with Gasteiger partial charge in [0.1, 0.15) is 0 Å². The van der Waals surface area contributed by atoms with Gasteiger partial charge >= 0.3 is 0 Å². The fourth-order valence-corrected chi connectivity index (χ4v) is 4.59. The average Bonchev–Trinajstić information content (AvgIpc) is 2.82. The molecule has 0 saturated carbocycles. The monoisotopic (exact) mass is 390 g/mol. The lowest BCUT2D eigenvalue weighted by Crippen LogP contribution is -2.40. The number of anilines is 2. The Morgan fingerprint density at radius 2 is 1.82 bits per heavy atom. The first-order valence-corrected chi connectivity index (χ1v) is 10.5. The number of amides is 2. The van der Waals surface area contributed by atoms with Crippen LogP contribution in [0.3, 0.4) is 0 Å². The van der Waals surface area contributed by atoms with Gasteiger partial charge in [-0.25, -0.2) is 0 Å². The van der Waals surface area contributed by atoms with Crippen LogP contribution in [0.4, 0.5) is 11.4 Å². The molecule has 0 radical (unpaired) electrons. The summed E-state index contributed by atoms with van der Waals surface area (Å²) in [5.74, 6) is 1.12. The number of hydrogen-bond acceptors (Lipinski definition) is 3. The number of carbonyl (C=O) groups excluding carboxylic acids is 2. The zero-order chi connectivity index (χ0) is 19.5. The lowest BCUT2D eigenvalue weighted by atomic mass is 10.1. The van der Waals surface area contributed by atoms with E-state index in [0.29, 0.717) is 17.9 Å². The van der Waals surface area contributed by atoms with E-state index in [1.54, 1.807) is 16.7 Å². The van der Waals surface area contributed by atoms with Crippen molar-refractivity contribution in [2.45, 2.75) is 25.1 Å². The number of para-hydroxylation sites is 2. The van der Waals surface area contributed by atoms with Crippen molar-refractivity contribution in [2.24, 2.45) is 0 Å². The number of thioether (sulfide) groups is 1. The number of hydrogen-bond donors (Lipinski definition) is 1. The largest absolute Gasteiger partial charge is 0.324 e. The molecule has 0 fully saturated rings. The summed E-state index contributed by atoms with van der Waals surface area (Å²) in [7, 11) is 0. The highest BCUT2D eigenvalue weighted by Crippen LogP contribution is 2.32.